The molecule has 1 atom stereocenters. The lowest BCUT2D eigenvalue weighted by atomic mass is 10.2. The van der Waals surface area contributed by atoms with Gasteiger partial charge in [0.2, 0.25) is 0 Å². The molecule has 1 saturated heterocycles. The number of hydrogen-bond acceptors (Lipinski definition) is 6. The van der Waals surface area contributed by atoms with E-state index in [1.165, 1.54) is 15.9 Å². The van der Waals surface area contributed by atoms with Crippen LogP contribution in [0.3, 0.4) is 0 Å². The molecule has 27 heavy (non-hydrogen) atoms. The maximum Gasteiger partial charge on any atom is 0.273 e. The second-order valence-electron chi connectivity index (χ2n) is 6.24. The maximum atomic E-state index is 12.6. The molecule has 1 N–H and O–H groups in total. The smallest absolute Gasteiger partial charge is 0.273 e. The predicted octanol–water partition coefficient (Wildman–Crippen LogP) is 2.13. The molecule has 4 rings (SSSR count). The summed E-state index contributed by atoms with van der Waals surface area (Å²) in [5.74, 6) is -0.216. The van der Waals surface area contributed by atoms with E-state index in [-0.39, 0.29) is 11.9 Å². The largest absolute Gasteiger partial charge is 0.379 e. The number of ether oxygens (including phenoxy) is 1. The Morgan fingerprint density at radius 2 is 2.00 bits per heavy atom. The number of benzene rings is 1. The van der Waals surface area contributed by atoms with Crippen molar-refractivity contribution >= 4 is 17.2 Å². The summed E-state index contributed by atoms with van der Waals surface area (Å²) >= 11 is 1.71. The highest BCUT2D eigenvalue weighted by Crippen LogP contribution is 2.25. The molecule has 1 unspecified atom stereocenters. The van der Waals surface area contributed by atoms with Crippen molar-refractivity contribution in [3.05, 3.63) is 64.6 Å². The molecule has 0 radical (unpaired) electrons. The summed E-state index contributed by atoms with van der Waals surface area (Å²) in [6.45, 7) is 3.70. The molecule has 3 heterocycles. The minimum absolute atomic E-state index is 0.141. The van der Waals surface area contributed by atoms with Gasteiger partial charge in [-0.1, -0.05) is 24.3 Å². The van der Waals surface area contributed by atoms with Crippen LogP contribution >= 0.6 is 11.3 Å². The molecule has 1 amide bonds. The predicted molar refractivity (Wildman–Crippen MR) is 103 cm³/mol. The maximum absolute atomic E-state index is 12.6. The van der Waals surface area contributed by atoms with Crippen LogP contribution in [-0.2, 0) is 4.74 Å². The van der Waals surface area contributed by atoms with Crippen molar-refractivity contribution in [2.45, 2.75) is 6.04 Å². The Kier molecular flexibility index (Phi) is 5.57. The zero-order valence-electron chi connectivity index (χ0n) is 14.8. The average Bonchev–Trinajstić information content (AvgIpc) is 3.42. The van der Waals surface area contributed by atoms with Crippen LogP contribution in [0.4, 0.5) is 0 Å². The molecule has 7 nitrogen and oxygen atoms in total. The van der Waals surface area contributed by atoms with Gasteiger partial charge in [0.05, 0.1) is 31.1 Å². The van der Waals surface area contributed by atoms with Crippen LogP contribution in [0.2, 0.25) is 0 Å². The number of nitrogens with one attached hydrogen (secondary N) is 1. The Labute approximate surface area is 161 Å². The summed E-state index contributed by atoms with van der Waals surface area (Å²) in [6.07, 6.45) is 1.50. The van der Waals surface area contributed by atoms with Crippen LogP contribution in [0.25, 0.3) is 5.69 Å². The van der Waals surface area contributed by atoms with Crippen molar-refractivity contribution in [2.75, 3.05) is 32.8 Å². The molecule has 1 fully saturated rings. The molecular weight excluding hydrogens is 362 g/mol. The second kappa shape index (κ2) is 8.43. The van der Waals surface area contributed by atoms with E-state index in [1.54, 1.807) is 11.3 Å². The molecule has 0 saturated carbocycles. The number of para-hydroxylation sites is 1. The molecule has 1 aromatic carbocycles. The van der Waals surface area contributed by atoms with Crippen LogP contribution < -0.4 is 5.32 Å². The van der Waals surface area contributed by atoms with Gasteiger partial charge in [0.25, 0.3) is 5.91 Å². The number of morpholine rings is 1. The van der Waals surface area contributed by atoms with Gasteiger partial charge in [-0.15, -0.1) is 16.4 Å². The lowest BCUT2D eigenvalue weighted by Crippen LogP contribution is -2.43. The summed E-state index contributed by atoms with van der Waals surface area (Å²) in [5, 5.41) is 13.6. The zero-order chi connectivity index (χ0) is 18.5. The van der Waals surface area contributed by atoms with Crippen molar-refractivity contribution in [3.63, 3.8) is 0 Å². The lowest BCUT2D eigenvalue weighted by molar-refractivity contribution is 0.0169. The molecule has 0 spiro atoms. The Morgan fingerprint density at radius 1 is 1.19 bits per heavy atom. The first-order valence-corrected chi connectivity index (χ1v) is 9.80. The van der Waals surface area contributed by atoms with Crippen molar-refractivity contribution in [1.82, 2.24) is 25.2 Å². The minimum Gasteiger partial charge on any atom is -0.379 e. The van der Waals surface area contributed by atoms with Gasteiger partial charge in [-0.25, -0.2) is 0 Å². The summed E-state index contributed by atoms with van der Waals surface area (Å²) < 4.78 is 5.46. The van der Waals surface area contributed by atoms with Crippen LogP contribution in [0, 0.1) is 0 Å². The number of nitrogens with zero attached hydrogens (tertiary/aromatic N) is 4. The zero-order valence-corrected chi connectivity index (χ0v) is 15.6. The van der Waals surface area contributed by atoms with E-state index in [9.17, 15) is 4.79 Å². The summed E-state index contributed by atoms with van der Waals surface area (Å²) in [6, 6.07) is 13.8. The van der Waals surface area contributed by atoms with E-state index in [2.05, 4.69) is 31.9 Å². The quantitative estimate of drug-likeness (QED) is 0.706. The number of carbonyl (C=O) groups excluding carboxylic acids is 1. The standard InChI is InChI=1S/C19H21N5O2S/c25-19(16-13-21-24(22-16)15-5-2-1-3-6-15)20-14-17(18-7-4-12-27-18)23-8-10-26-11-9-23/h1-7,12-13,17H,8-11,14H2,(H,20,25). The van der Waals surface area contributed by atoms with Crippen LogP contribution in [0.5, 0.6) is 0 Å². The normalized spacial score (nSPS) is 16.1. The Balaban J connectivity index is 1.43. The fraction of sp³-hybridized carbons (Fsp3) is 0.316. The average molecular weight is 383 g/mol. The van der Waals surface area contributed by atoms with Gasteiger partial charge >= 0.3 is 0 Å². The Hall–Kier alpha value is -2.55. The van der Waals surface area contributed by atoms with E-state index < -0.39 is 0 Å². The molecule has 1 aliphatic heterocycles. The third-order valence-corrected chi connectivity index (χ3v) is 5.50. The number of amides is 1. The van der Waals surface area contributed by atoms with Gasteiger partial charge in [0.15, 0.2) is 5.69 Å². The number of thiophene rings is 1. The van der Waals surface area contributed by atoms with Crippen molar-refractivity contribution < 1.29 is 9.53 Å². The van der Waals surface area contributed by atoms with Crippen LogP contribution in [0.15, 0.2) is 54.0 Å². The molecule has 0 aliphatic carbocycles. The van der Waals surface area contributed by atoms with Crippen LogP contribution in [0.1, 0.15) is 21.4 Å². The Morgan fingerprint density at radius 3 is 2.74 bits per heavy atom. The van der Waals surface area contributed by atoms with E-state index in [0.29, 0.717) is 12.2 Å². The van der Waals surface area contributed by atoms with Gasteiger partial charge in [0.1, 0.15) is 0 Å². The van der Waals surface area contributed by atoms with Gasteiger partial charge < -0.3 is 10.1 Å². The van der Waals surface area contributed by atoms with Crippen molar-refractivity contribution in [3.8, 4) is 5.69 Å². The third-order valence-electron chi connectivity index (χ3n) is 4.53. The van der Waals surface area contributed by atoms with E-state index in [4.69, 9.17) is 4.74 Å². The molecule has 2 aromatic heterocycles. The van der Waals surface area contributed by atoms with Crippen LogP contribution in [-0.4, -0.2) is 58.6 Å². The minimum atomic E-state index is -0.216. The fourth-order valence-corrected chi connectivity index (χ4v) is 3.97. The molecule has 8 heteroatoms. The Bertz CT molecular complexity index is 859. The van der Waals surface area contributed by atoms with E-state index in [0.717, 1.165) is 32.0 Å². The van der Waals surface area contributed by atoms with Gasteiger partial charge in [0, 0.05) is 24.5 Å². The number of hydrogen-bond donors (Lipinski definition) is 1. The number of rotatable bonds is 6. The molecule has 140 valence electrons. The molecule has 3 aromatic rings. The molecule has 0 bridgehead atoms. The van der Waals surface area contributed by atoms with Crippen molar-refractivity contribution in [2.24, 2.45) is 0 Å². The monoisotopic (exact) mass is 383 g/mol. The molecule has 1 aliphatic rings. The summed E-state index contributed by atoms with van der Waals surface area (Å²) in [5.41, 5.74) is 1.13. The highest BCUT2D eigenvalue weighted by atomic mass is 32.1. The van der Waals surface area contributed by atoms with Gasteiger partial charge in [-0.3, -0.25) is 9.69 Å². The fourth-order valence-electron chi connectivity index (χ4n) is 3.11. The SMILES string of the molecule is O=C(NCC(c1cccs1)N1CCOCC1)c1cnn(-c2ccccc2)n1. The first-order valence-electron chi connectivity index (χ1n) is 8.92. The highest BCUT2D eigenvalue weighted by molar-refractivity contribution is 7.10. The first-order chi connectivity index (χ1) is 13.3. The van der Waals surface area contributed by atoms with E-state index in [1.807, 2.05) is 36.4 Å². The topological polar surface area (TPSA) is 72.3 Å². The second-order valence-corrected chi connectivity index (χ2v) is 7.22. The summed E-state index contributed by atoms with van der Waals surface area (Å²) in [7, 11) is 0. The third kappa shape index (κ3) is 4.24. The number of aromatic nitrogens is 3. The van der Waals surface area contributed by atoms with Crippen molar-refractivity contribution in [1.29, 1.82) is 0 Å². The summed E-state index contributed by atoms with van der Waals surface area (Å²) in [4.78, 5) is 17.6. The molecular formula is C19H21N5O2S. The lowest BCUT2D eigenvalue weighted by Gasteiger charge is -2.34. The highest BCUT2D eigenvalue weighted by Gasteiger charge is 2.24. The van der Waals surface area contributed by atoms with Gasteiger partial charge in [-0.05, 0) is 23.6 Å². The van der Waals surface area contributed by atoms with E-state index >= 15 is 0 Å². The number of carbonyl (C=O) groups is 1. The first kappa shape index (κ1) is 17.8. The van der Waals surface area contributed by atoms with Gasteiger partial charge in [-0.2, -0.15) is 9.90 Å².